The number of H-pyrrole nitrogens is 1. The summed E-state index contributed by atoms with van der Waals surface area (Å²) in [7, 11) is 0. The van der Waals surface area contributed by atoms with Gasteiger partial charge in [-0.25, -0.2) is 19.6 Å². The lowest BCUT2D eigenvalue weighted by Crippen LogP contribution is -2.29. The van der Waals surface area contributed by atoms with Gasteiger partial charge in [0.1, 0.15) is 22.4 Å². The van der Waals surface area contributed by atoms with Crippen LogP contribution in [0.2, 0.25) is 0 Å². The van der Waals surface area contributed by atoms with E-state index in [-0.39, 0.29) is 22.7 Å². The van der Waals surface area contributed by atoms with E-state index in [1.54, 1.807) is 41.5 Å². The Balaban J connectivity index is 2.39. The standard InChI is InChI=1S/C17H22BrN5O5/c1-16(2,3)27-14(25)21-11-9-10(8(18)7-19-11)20-13(22-12(9)24)23-15(26)28-17(4,5)6/h7H,1-6H3,(H,19,21,25)(H2,20,22,23,24,26). The summed E-state index contributed by atoms with van der Waals surface area (Å²) >= 11 is 3.26. The number of pyridine rings is 1. The predicted octanol–water partition coefficient (Wildman–Crippen LogP) is 3.77. The molecule has 3 N–H and O–H groups in total. The summed E-state index contributed by atoms with van der Waals surface area (Å²) in [5, 5.41) is 4.83. The molecule has 0 aromatic carbocycles. The molecule has 0 aliphatic rings. The van der Waals surface area contributed by atoms with Gasteiger partial charge in [-0.3, -0.25) is 20.4 Å². The van der Waals surface area contributed by atoms with Crippen molar-refractivity contribution < 1.29 is 19.1 Å². The van der Waals surface area contributed by atoms with Crippen LogP contribution in [0.15, 0.2) is 15.5 Å². The van der Waals surface area contributed by atoms with Crippen molar-refractivity contribution in [2.24, 2.45) is 0 Å². The summed E-state index contributed by atoms with van der Waals surface area (Å²) in [6, 6.07) is 0. The number of anilines is 2. The molecule has 28 heavy (non-hydrogen) atoms. The molecule has 2 heterocycles. The fourth-order valence-corrected chi connectivity index (χ4v) is 2.46. The predicted molar refractivity (Wildman–Crippen MR) is 108 cm³/mol. The second kappa shape index (κ2) is 7.74. The highest BCUT2D eigenvalue weighted by atomic mass is 79.9. The molecule has 152 valence electrons. The fourth-order valence-electron chi connectivity index (χ4n) is 2.07. The Morgan fingerprint density at radius 2 is 1.57 bits per heavy atom. The topological polar surface area (TPSA) is 135 Å². The summed E-state index contributed by atoms with van der Waals surface area (Å²) in [6.07, 6.45) is -0.162. The van der Waals surface area contributed by atoms with Crippen molar-refractivity contribution in [3.63, 3.8) is 0 Å². The molecule has 11 heteroatoms. The smallest absolute Gasteiger partial charge is 0.414 e. The Bertz CT molecular complexity index is 975. The quantitative estimate of drug-likeness (QED) is 0.626. The number of aromatic amines is 1. The number of aromatic nitrogens is 3. The molecule has 0 saturated carbocycles. The Kier molecular flexibility index (Phi) is 5.97. The zero-order valence-corrected chi connectivity index (χ0v) is 18.0. The summed E-state index contributed by atoms with van der Waals surface area (Å²) in [4.78, 5) is 47.2. The second-order valence-corrected chi connectivity index (χ2v) is 8.70. The monoisotopic (exact) mass is 455 g/mol. The van der Waals surface area contributed by atoms with Crippen LogP contribution in [0, 0.1) is 0 Å². The molecule has 0 unspecified atom stereocenters. The van der Waals surface area contributed by atoms with Crippen LogP contribution < -0.4 is 16.2 Å². The minimum atomic E-state index is -0.771. The maximum absolute atomic E-state index is 12.6. The largest absolute Gasteiger partial charge is 0.444 e. The summed E-state index contributed by atoms with van der Waals surface area (Å²) < 4.78 is 10.7. The molecular weight excluding hydrogens is 434 g/mol. The van der Waals surface area contributed by atoms with Gasteiger partial charge in [0, 0.05) is 6.20 Å². The van der Waals surface area contributed by atoms with E-state index in [9.17, 15) is 14.4 Å². The van der Waals surface area contributed by atoms with Gasteiger partial charge in [0.25, 0.3) is 5.56 Å². The molecular formula is C17H22BrN5O5. The molecule has 0 aliphatic carbocycles. The highest BCUT2D eigenvalue weighted by Gasteiger charge is 2.21. The van der Waals surface area contributed by atoms with Crippen molar-refractivity contribution in [1.29, 1.82) is 0 Å². The number of halogens is 1. The van der Waals surface area contributed by atoms with Crippen molar-refractivity contribution >= 4 is 50.8 Å². The first-order valence-electron chi connectivity index (χ1n) is 8.34. The zero-order chi connectivity index (χ0) is 21.3. The summed E-state index contributed by atoms with van der Waals surface area (Å²) in [5.74, 6) is -0.133. The number of amides is 2. The number of nitrogens with one attached hydrogen (secondary N) is 3. The molecule has 2 rings (SSSR count). The van der Waals surface area contributed by atoms with Gasteiger partial charge in [-0.05, 0) is 57.5 Å². The van der Waals surface area contributed by atoms with Crippen LogP contribution >= 0.6 is 15.9 Å². The number of rotatable bonds is 2. The van der Waals surface area contributed by atoms with Crippen molar-refractivity contribution in [1.82, 2.24) is 15.0 Å². The van der Waals surface area contributed by atoms with Crippen molar-refractivity contribution in [3.8, 4) is 0 Å². The lowest BCUT2D eigenvalue weighted by molar-refractivity contribution is 0.0624. The number of carbonyl (C=O) groups excluding carboxylic acids is 2. The molecule has 2 aromatic heterocycles. The molecule has 0 aliphatic heterocycles. The number of hydrogen-bond donors (Lipinski definition) is 3. The maximum Gasteiger partial charge on any atom is 0.414 e. The third-order valence-electron chi connectivity index (χ3n) is 2.93. The van der Waals surface area contributed by atoms with Gasteiger partial charge in [0.2, 0.25) is 5.95 Å². The van der Waals surface area contributed by atoms with E-state index in [4.69, 9.17) is 9.47 Å². The van der Waals surface area contributed by atoms with Crippen LogP contribution in [-0.2, 0) is 9.47 Å². The average Bonchev–Trinajstić information content (AvgIpc) is 2.46. The number of nitrogens with zero attached hydrogens (tertiary/aromatic N) is 2. The van der Waals surface area contributed by atoms with Crippen LogP contribution in [0.3, 0.4) is 0 Å². The van der Waals surface area contributed by atoms with E-state index in [0.29, 0.717) is 4.47 Å². The summed E-state index contributed by atoms with van der Waals surface area (Å²) in [5.41, 5.74) is -1.85. The SMILES string of the molecule is CC(C)(C)OC(=O)Nc1nc2c(Br)cnc(NC(=O)OC(C)(C)C)c2c(=O)[nH]1. The third kappa shape index (κ3) is 5.91. The molecule has 0 spiro atoms. The van der Waals surface area contributed by atoms with Gasteiger partial charge < -0.3 is 9.47 Å². The lowest BCUT2D eigenvalue weighted by Gasteiger charge is -2.20. The van der Waals surface area contributed by atoms with E-state index < -0.39 is 28.9 Å². The Morgan fingerprint density at radius 1 is 1.04 bits per heavy atom. The van der Waals surface area contributed by atoms with Crippen molar-refractivity contribution in [3.05, 3.63) is 21.0 Å². The van der Waals surface area contributed by atoms with Crippen LogP contribution in [-0.4, -0.2) is 38.3 Å². The van der Waals surface area contributed by atoms with E-state index in [0.717, 1.165) is 0 Å². The molecule has 0 radical (unpaired) electrons. The summed E-state index contributed by atoms with van der Waals surface area (Å²) in [6.45, 7) is 10.3. The average molecular weight is 456 g/mol. The Labute approximate surface area is 169 Å². The highest BCUT2D eigenvalue weighted by molar-refractivity contribution is 9.10. The normalized spacial score (nSPS) is 11.8. The van der Waals surface area contributed by atoms with E-state index >= 15 is 0 Å². The number of hydrogen-bond acceptors (Lipinski definition) is 7. The number of fused-ring (bicyclic) bond motifs is 1. The third-order valence-corrected chi connectivity index (χ3v) is 3.51. The first-order valence-corrected chi connectivity index (χ1v) is 9.13. The molecule has 0 saturated heterocycles. The van der Waals surface area contributed by atoms with Gasteiger partial charge in [-0.15, -0.1) is 0 Å². The zero-order valence-electron chi connectivity index (χ0n) is 16.4. The second-order valence-electron chi connectivity index (χ2n) is 7.85. The highest BCUT2D eigenvalue weighted by Crippen LogP contribution is 2.25. The maximum atomic E-state index is 12.6. The van der Waals surface area contributed by atoms with Crippen molar-refractivity contribution in [2.75, 3.05) is 10.6 Å². The molecule has 0 bridgehead atoms. The van der Waals surface area contributed by atoms with Gasteiger partial charge in [0.05, 0.1) is 9.99 Å². The minimum Gasteiger partial charge on any atom is -0.444 e. The van der Waals surface area contributed by atoms with Crippen LogP contribution in [0.4, 0.5) is 21.4 Å². The van der Waals surface area contributed by atoms with Crippen molar-refractivity contribution in [2.45, 2.75) is 52.7 Å². The minimum absolute atomic E-state index is 0.0231. The van der Waals surface area contributed by atoms with Gasteiger partial charge in [-0.1, -0.05) is 0 Å². The number of ether oxygens (including phenoxy) is 2. The molecule has 0 atom stereocenters. The lowest BCUT2D eigenvalue weighted by atomic mass is 10.2. The molecule has 2 amide bonds. The van der Waals surface area contributed by atoms with Gasteiger partial charge >= 0.3 is 12.2 Å². The Hall–Kier alpha value is -2.69. The first kappa shape index (κ1) is 21.6. The molecule has 10 nitrogen and oxygen atoms in total. The Morgan fingerprint density at radius 3 is 2.11 bits per heavy atom. The fraction of sp³-hybridized carbons (Fsp3) is 0.471. The molecule has 0 fully saturated rings. The molecule has 2 aromatic rings. The van der Waals surface area contributed by atoms with Gasteiger partial charge in [0.15, 0.2) is 0 Å². The first-order chi connectivity index (χ1) is 12.7. The number of carbonyl (C=O) groups is 2. The van der Waals surface area contributed by atoms with Crippen LogP contribution in [0.25, 0.3) is 10.9 Å². The van der Waals surface area contributed by atoms with Crippen LogP contribution in [0.1, 0.15) is 41.5 Å². The van der Waals surface area contributed by atoms with E-state index in [1.807, 2.05) is 0 Å². The van der Waals surface area contributed by atoms with Gasteiger partial charge in [-0.2, -0.15) is 0 Å². The van der Waals surface area contributed by atoms with E-state index in [1.165, 1.54) is 6.20 Å². The van der Waals surface area contributed by atoms with E-state index in [2.05, 4.69) is 41.5 Å². The van der Waals surface area contributed by atoms with Crippen LogP contribution in [0.5, 0.6) is 0 Å².